The van der Waals surface area contributed by atoms with Crippen molar-refractivity contribution in [2.45, 2.75) is 45.4 Å². The van der Waals surface area contributed by atoms with Gasteiger partial charge in [-0.15, -0.1) is 0 Å². The number of aliphatic imine (C=N–C) groups is 1. The molecule has 5 heteroatoms. The molecule has 3 atom stereocenters. The van der Waals surface area contributed by atoms with E-state index in [0.717, 1.165) is 17.0 Å². The molecule has 0 N–H and O–H groups in total. The van der Waals surface area contributed by atoms with E-state index in [0.29, 0.717) is 29.9 Å². The van der Waals surface area contributed by atoms with Crippen molar-refractivity contribution in [2.75, 3.05) is 6.61 Å². The number of hydrogen-bond acceptors (Lipinski definition) is 5. The van der Waals surface area contributed by atoms with Gasteiger partial charge in [-0.1, -0.05) is 30.3 Å². The number of carbonyl (C=O) groups is 2. The SMILES string of the molecule is CCOC(=O)C1C(C)=NC2=C(C(=O)C[C@@H](c3ccccc3)C2)[C@H]1c1ccc(C)o1. The molecule has 1 aliphatic heterocycles. The van der Waals surface area contributed by atoms with Gasteiger partial charge in [-0.2, -0.15) is 0 Å². The van der Waals surface area contributed by atoms with Crippen LogP contribution in [0.5, 0.6) is 0 Å². The third-order valence-electron chi connectivity index (χ3n) is 5.77. The third-order valence-corrected chi connectivity index (χ3v) is 5.77. The predicted molar refractivity (Wildman–Crippen MR) is 110 cm³/mol. The summed E-state index contributed by atoms with van der Waals surface area (Å²) in [5, 5.41) is 0. The topological polar surface area (TPSA) is 68.9 Å². The van der Waals surface area contributed by atoms with Gasteiger partial charge < -0.3 is 9.15 Å². The molecule has 0 amide bonds. The van der Waals surface area contributed by atoms with Crippen molar-refractivity contribution in [1.82, 2.24) is 0 Å². The van der Waals surface area contributed by atoms with Gasteiger partial charge in [0.15, 0.2) is 5.78 Å². The van der Waals surface area contributed by atoms with E-state index < -0.39 is 11.8 Å². The van der Waals surface area contributed by atoms with Gasteiger partial charge in [-0.3, -0.25) is 14.6 Å². The second-order valence-electron chi connectivity index (χ2n) is 7.71. The van der Waals surface area contributed by atoms with Crippen LogP contribution >= 0.6 is 0 Å². The summed E-state index contributed by atoms with van der Waals surface area (Å²) in [5.41, 5.74) is 3.18. The van der Waals surface area contributed by atoms with Gasteiger partial charge in [0.1, 0.15) is 17.4 Å². The highest BCUT2D eigenvalue weighted by Gasteiger charge is 2.46. The fraction of sp³-hybridized carbons (Fsp3) is 0.375. The maximum atomic E-state index is 13.3. The van der Waals surface area contributed by atoms with E-state index in [1.54, 1.807) is 6.92 Å². The van der Waals surface area contributed by atoms with Crippen LogP contribution in [0.2, 0.25) is 0 Å². The summed E-state index contributed by atoms with van der Waals surface area (Å²) < 4.78 is 11.2. The molecule has 0 spiro atoms. The van der Waals surface area contributed by atoms with Gasteiger partial charge in [0.25, 0.3) is 0 Å². The maximum absolute atomic E-state index is 13.3. The highest BCUT2D eigenvalue weighted by Crippen LogP contribution is 2.47. The number of hydrogen-bond donors (Lipinski definition) is 0. The van der Waals surface area contributed by atoms with E-state index in [9.17, 15) is 9.59 Å². The van der Waals surface area contributed by atoms with Crippen molar-refractivity contribution in [1.29, 1.82) is 0 Å². The van der Waals surface area contributed by atoms with Crippen molar-refractivity contribution >= 4 is 17.5 Å². The predicted octanol–water partition coefficient (Wildman–Crippen LogP) is 4.73. The lowest BCUT2D eigenvalue weighted by Gasteiger charge is -2.35. The quantitative estimate of drug-likeness (QED) is 0.707. The molecule has 29 heavy (non-hydrogen) atoms. The summed E-state index contributed by atoms with van der Waals surface area (Å²) in [4.78, 5) is 30.8. The summed E-state index contributed by atoms with van der Waals surface area (Å²) in [5.74, 6) is -0.000668. The zero-order chi connectivity index (χ0) is 20.5. The molecule has 1 unspecified atom stereocenters. The summed E-state index contributed by atoms with van der Waals surface area (Å²) in [6.07, 6.45) is 1.08. The smallest absolute Gasteiger partial charge is 0.315 e. The molecule has 0 saturated heterocycles. The number of ether oxygens (including phenoxy) is 1. The fourth-order valence-corrected chi connectivity index (χ4v) is 4.49. The minimum Gasteiger partial charge on any atom is -0.466 e. The lowest BCUT2D eigenvalue weighted by molar-refractivity contribution is -0.146. The Morgan fingerprint density at radius 3 is 2.55 bits per heavy atom. The Kier molecular flexibility index (Phi) is 5.22. The van der Waals surface area contributed by atoms with Crippen LogP contribution in [0.3, 0.4) is 0 Å². The molecule has 2 aromatic rings. The van der Waals surface area contributed by atoms with Crippen LogP contribution in [0.25, 0.3) is 0 Å². The summed E-state index contributed by atoms with van der Waals surface area (Å²) in [7, 11) is 0. The minimum absolute atomic E-state index is 0.0321. The first-order valence-corrected chi connectivity index (χ1v) is 10.1. The van der Waals surface area contributed by atoms with Crippen LogP contribution in [0, 0.1) is 12.8 Å². The van der Waals surface area contributed by atoms with E-state index >= 15 is 0 Å². The zero-order valence-corrected chi connectivity index (χ0v) is 17.0. The molecule has 5 nitrogen and oxygen atoms in total. The van der Waals surface area contributed by atoms with E-state index in [4.69, 9.17) is 14.1 Å². The standard InChI is InChI=1S/C24H25NO4/c1-4-28-24(27)21-15(3)25-18-12-17(16-8-6-5-7-9-16)13-19(26)22(18)23(21)20-11-10-14(2)29-20/h5-11,17,21,23H,4,12-13H2,1-3H3/t17-,21?,23-/m0/s1. The first-order chi connectivity index (χ1) is 14.0. The molecule has 0 saturated carbocycles. The first kappa shape index (κ1) is 19.4. The number of allylic oxidation sites excluding steroid dienone is 2. The van der Waals surface area contributed by atoms with Gasteiger partial charge in [0.05, 0.1) is 12.5 Å². The molecule has 150 valence electrons. The number of benzene rings is 1. The van der Waals surface area contributed by atoms with E-state index in [2.05, 4.69) is 12.1 Å². The number of carbonyl (C=O) groups excluding carboxylic acids is 2. The maximum Gasteiger partial charge on any atom is 0.315 e. The molecule has 1 aromatic heterocycles. The van der Waals surface area contributed by atoms with Crippen LogP contribution in [-0.2, 0) is 14.3 Å². The number of esters is 1. The molecule has 2 aliphatic rings. The van der Waals surface area contributed by atoms with Crippen molar-refractivity contribution in [3.63, 3.8) is 0 Å². The Labute approximate surface area is 170 Å². The van der Waals surface area contributed by atoms with Gasteiger partial charge in [-0.25, -0.2) is 0 Å². The Hall–Kier alpha value is -2.95. The average molecular weight is 391 g/mol. The lowest BCUT2D eigenvalue weighted by atomic mass is 9.71. The fourth-order valence-electron chi connectivity index (χ4n) is 4.49. The molecule has 0 radical (unpaired) electrons. The molecule has 0 fully saturated rings. The van der Waals surface area contributed by atoms with Crippen LogP contribution in [-0.4, -0.2) is 24.1 Å². The van der Waals surface area contributed by atoms with Gasteiger partial charge in [-0.05, 0) is 50.8 Å². The molecular formula is C24H25NO4. The summed E-state index contributed by atoms with van der Waals surface area (Å²) in [6.45, 7) is 5.75. The summed E-state index contributed by atoms with van der Waals surface area (Å²) in [6, 6.07) is 13.8. The van der Waals surface area contributed by atoms with E-state index in [1.807, 2.05) is 44.2 Å². The van der Waals surface area contributed by atoms with Crippen molar-refractivity contribution in [3.05, 3.63) is 70.8 Å². The average Bonchev–Trinajstić information content (AvgIpc) is 3.13. The molecular weight excluding hydrogens is 366 g/mol. The zero-order valence-electron chi connectivity index (χ0n) is 17.0. The normalized spacial score (nSPS) is 24.2. The number of aryl methyl sites for hydroxylation is 1. The highest BCUT2D eigenvalue weighted by atomic mass is 16.5. The van der Waals surface area contributed by atoms with Crippen molar-refractivity contribution in [3.8, 4) is 0 Å². The Morgan fingerprint density at radius 1 is 1.14 bits per heavy atom. The molecule has 0 bridgehead atoms. The van der Waals surface area contributed by atoms with Crippen LogP contribution in [0.1, 0.15) is 55.6 Å². The number of Topliss-reactive ketones (excluding diaryl/α,β-unsaturated/α-hetero) is 1. The summed E-state index contributed by atoms with van der Waals surface area (Å²) >= 11 is 0. The third kappa shape index (κ3) is 3.57. The Morgan fingerprint density at radius 2 is 1.90 bits per heavy atom. The number of nitrogens with zero attached hydrogens (tertiary/aromatic N) is 1. The molecule has 1 aromatic carbocycles. The number of furan rings is 1. The van der Waals surface area contributed by atoms with E-state index in [-0.39, 0.29) is 24.3 Å². The Bertz CT molecular complexity index is 999. The van der Waals surface area contributed by atoms with Gasteiger partial charge in [0.2, 0.25) is 0 Å². The van der Waals surface area contributed by atoms with Gasteiger partial charge >= 0.3 is 5.97 Å². The van der Waals surface area contributed by atoms with Crippen LogP contribution in [0.15, 0.2) is 63.1 Å². The largest absolute Gasteiger partial charge is 0.466 e. The van der Waals surface area contributed by atoms with Crippen molar-refractivity contribution in [2.24, 2.45) is 10.9 Å². The second kappa shape index (κ2) is 7.82. The van der Waals surface area contributed by atoms with Crippen molar-refractivity contribution < 1.29 is 18.7 Å². The monoisotopic (exact) mass is 391 g/mol. The Balaban J connectivity index is 1.79. The molecule has 2 heterocycles. The molecule has 1 aliphatic carbocycles. The van der Waals surface area contributed by atoms with Crippen LogP contribution < -0.4 is 0 Å². The van der Waals surface area contributed by atoms with Crippen LogP contribution in [0.4, 0.5) is 0 Å². The number of rotatable bonds is 4. The molecule has 4 rings (SSSR count). The van der Waals surface area contributed by atoms with E-state index in [1.165, 1.54) is 0 Å². The minimum atomic E-state index is -0.642. The number of ketones is 1. The first-order valence-electron chi connectivity index (χ1n) is 10.1. The second-order valence-corrected chi connectivity index (χ2v) is 7.71. The lowest BCUT2D eigenvalue weighted by Crippen LogP contribution is -2.38. The highest BCUT2D eigenvalue weighted by molar-refractivity contribution is 6.09. The van der Waals surface area contributed by atoms with Gasteiger partial charge in [0, 0.05) is 23.4 Å².